The van der Waals surface area contributed by atoms with E-state index < -0.39 is 152 Å². The van der Waals surface area contributed by atoms with Crippen LogP contribution in [0.15, 0.2) is 30.3 Å². The Morgan fingerprint density at radius 3 is 0.661 bits per heavy atom. The van der Waals surface area contributed by atoms with Crippen molar-refractivity contribution in [2.45, 2.75) is 6.16 Å². The molecule has 0 spiro atoms. The zero-order valence-corrected chi connectivity index (χ0v) is 28.6. The van der Waals surface area contributed by atoms with Gasteiger partial charge in [-0.2, -0.15) is 0 Å². The quantitative estimate of drug-likeness (QED) is 0.0527. The van der Waals surface area contributed by atoms with E-state index in [1.54, 1.807) is 0 Å². The summed E-state index contributed by atoms with van der Waals surface area (Å²) in [7, 11) is -0.638. The zero-order chi connectivity index (χ0) is 42.7. The third-order valence-corrected chi connectivity index (χ3v) is 9.52. The van der Waals surface area contributed by atoms with E-state index in [0.717, 1.165) is 0 Å². The van der Waals surface area contributed by atoms with Crippen molar-refractivity contribution in [1.82, 2.24) is 0 Å². The van der Waals surface area contributed by atoms with Crippen LogP contribution in [0.1, 0.15) is 5.56 Å². The molecule has 0 saturated heterocycles. The van der Waals surface area contributed by atoms with E-state index in [-0.39, 0.29) is 0 Å². The summed E-state index contributed by atoms with van der Waals surface area (Å²) in [6.45, 7) is 7.12. The largest absolute Gasteiger partial charge is 0.207 e. The first-order valence-corrected chi connectivity index (χ1v) is 18.2. The molecule has 300 valence electrons. The van der Waals surface area contributed by atoms with Gasteiger partial charge in [-0.15, -0.1) is 21.9 Å². The molecule has 22 heteroatoms. The Kier molecular flexibility index (Phi) is 12.2. The molecule has 0 amide bonds. The second-order valence-electron chi connectivity index (χ2n) is 12.7. The number of hydrogen-bond donors (Lipinski definition) is 0. The molecule has 5 aromatic carbocycles. The fourth-order valence-corrected chi connectivity index (χ4v) is 7.31. The molecule has 0 nitrogen and oxygen atoms in total. The molecule has 0 aromatic heterocycles. The summed E-state index contributed by atoms with van der Waals surface area (Å²) in [5.74, 6) is -71.4. The summed E-state index contributed by atoms with van der Waals surface area (Å²) in [6.07, 6.45) is -5.95. The lowest BCUT2D eigenvalue weighted by atomic mass is 9.12. The Hall–Kier alpha value is -4.81. The van der Waals surface area contributed by atoms with Crippen LogP contribution in [0.5, 0.6) is 0 Å². The predicted octanol–water partition coefficient (Wildman–Crippen LogP) is 8.94. The first-order valence-electron chi connectivity index (χ1n) is 14.9. The van der Waals surface area contributed by atoms with Gasteiger partial charge in [0.05, 0.1) is 6.16 Å². The van der Waals surface area contributed by atoms with E-state index in [9.17, 15) is 52.7 Å². The molecular formula is C34H16BF20P. The fraction of sp³-hybridized carbons (Fsp3) is 0.118. The summed E-state index contributed by atoms with van der Waals surface area (Å²) in [5.41, 5.74) is -12.8. The van der Waals surface area contributed by atoms with Gasteiger partial charge in [-0.25, -0.2) is 87.8 Å². The lowest BCUT2D eigenvalue weighted by Gasteiger charge is -2.44. The highest BCUT2D eigenvalue weighted by Crippen LogP contribution is 2.49. The average molecular weight is 846 g/mol. The first-order chi connectivity index (χ1) is 25.8. The number of halogens is 20. The van der Waals surface area contributed by atoms with Crippen molar-refractivity contribution in [3.8, 4) is 0 Å². The van der Waals surface area contributed by atoms with E-state index >= 15 is 35.1 Å². The van der Waals surface area contributed by atoms with Gasteiger partial charge in [-0.1, -0.05) is 30.3 Å². The summed E-state index contributed by atoms with van der Waals surface area (Å²) in [6, 6.07) is 10.7. The molecule has 0 unspecified atom stereocenters. The normalized spacial score (nSPS) is 11.9. The maximum atomic E-state index is 15.4. The minimum atomic E-state index is -7.22. The summed E-state index contributed by atoms with van der Waals surface area (Å²) < 4.78 is 294. The molecule has 5 rings (SSSR count). The third kappa shape index (κ3) is 6.95. The maximum absolute atomic E-state index is 15.4. The minimum absolute atomic E-state index is 0.638. The van der Waals surface area contributed by atoms with E-state index in [1.165, 1.54) is 11.7 Å². The highest BCUT2D eigenvalue weighted by Gasteiger charge is 2.52. The smallest absolute Gasteiger partial charge is 0.200 e. The molecule has 0 aliphatic carbocycles. The Bertz CT molecular complexity index is 1990. The van der Waals surface area contributed by atoms with E-state index in [0.29, 0.717) is 0 Å². The van der Waals surface area contributed by atoms with Crippen LogP contribution in [0.25, 0.3) is 0 Å². The van der Waals surface area contributed by atoms with Crippen molar-refractivity contribution in [1.29, 1.82) is 0 Å². The maximum Gasteiger partial charge on any atom is 0.200 e. The van der Waals surface area contributed by atoms with Gasteiger partial charge >= 0.3 is 0 Å². The van der Waals surface area contributed by atoms with E-state index in [1.807, 2.05) is 0 Å². The van der Waals surface area contributed by atoms with Crippen LogP contribution in [-0.4, -0.2) is 26.1 Å². The Morgan fingerprint density at radius 2 is 0.482 bits per heavy atom. The van der Waals surface area contributed by atoms with Crippen LogP contribution in [-0.2, 0) is 6.16 Å². The van der Waals surface area contributed by atoms with Crippen LogP contribution in [0, 0.1) is 116 Å². The molecule has 0 aliphatic heterocycles. The lowest BCUT2D eigenvalue weighted by molar-refractivity contribution is 0.378. The Labute approximate surface area is 301 Å². The summed E-state index contributed by atoms with van der Waals surface area (Å²) in [5, 5.41) is 0. The van der Waals surface area contributed by atoms with Crippen LogP contribution in [0.3, 0.4) is 0 Å². The van der Waals surface area contributed by atoms with Gasteiger partial charge < -0.3 is 0 Å². The predicted molar refractivity (Wildman–Crippen MR) is 164 cm³/mol. The molecule has 0 saturated carbocycles. The second-order valence-corrected chi connectivity index (χ2v) is 17.6. The summed E-state index contributed by atoms with van der Waals surface area (Å²) in [4.78, 5) is 0. The minimum Gasteiger partial charge on any atom is -0.207 e. The van der Waals surface area contributed by atoms with Gasteiger partial charge in [-0.05, 0) is 5.56 Å². The lowest BCUT2D eigenvalue weighted by Crippen LogP contribution is -2.81. The van der Waals surface area contributed by atoms with Crippen molar-refractivity contribution in [2.24, 2.45) is 0 Å². The zero-order valence-electron chi connectivity index (χ0n) is 27.7. The van der Waals surface area contributed by atoms with Crippen LogP contribution >= 0.6 is 7.26 Å². The molecule has 56 heavy (non-hydrogen) atoms. The first kappa shape index (κ1) is 43.9. The number of hydrogen-bond acceptors (Lipinski definition) is 0. The Morgan fingerprint density at radius 1 is 0.304 bits per heavy atom. The van der Waals surface area contributed by atoms with Gasteiger partial charge in [0.1, 0.15) is 52.7 Å². The fourth-order valence-electron chi connectivity index (χ4n) is 6.01. The molecule has 5 aromatic rings. The van der Waals surface area contributed by atoms with Crippen LogP contribution in [0.2, 0.25) is 0 Å². The molecule has 0 bridgehead atoms. The summed E-state index contributed by atoms with van der Waals surface area (Å²) >= 11 is 0. The van der Waals surface area contributed by atoms with Crippen molar-refractivity contribution in [2.75, 3.05) is 20.0 Å². The van der Waals surface area contributed by atoms with Gasteiger partial charge in [0, 0.05) is 27.3 Å². The molecule has 0 fully saturated rings. The molecule has 0 radical (unpaired) electrons. The van der Waals surface area contributed by atoms with E-state index in [2.05, 4.69) is 50.3 Å². The SMILES string of the molecule is C[P+](C)(C)Cc1ccccc1.Fc1c(F)c(F)c([B-](c2c(F)c(F)c(F)c(F)c2F)(c2c(F)c(F)c(F)c(F)c2F)c2c(F)c(F)c(F)c(F)c2F)c(F)c1F. The average Bonchev–Trinajstić information content (AvgIpc) is 3.14. The van der Waals surface area contributed by atoms with Gasteiger partial charge in [0.25, 0.3) is 0 Å². The van der Waals surface area contributed by atoms with Crippen LogP contribution < -0.4 is 21.9 Å². The van der Waals surface area contributed by atoms with Crippen molar-refractivity contribution >= 4 is 35.3 Å². The molecule has 0 heterocycles. The van der Waals surface area contributed by atoms with Gasteiger partial charge in [0.2, 0.25) is 0 Å². The van der Waals surface area contributed by atoms with E-state index in [4.69, 9.17) is 0 Å². The number of benzene rings is 5. The van der Waals surface area contributed by atoms with Gasteiger partial charge in [-0.3, -0.25) is 0 Å². The standard InChI is InChI=1S/C24BF20.C10H16P/c26-5-1(6(27)14(35)21(42)13(5)34)25(2-7(28)15(36)22(43)16(37)8(2)29,3-9(30)17(38)23(44)18(39)10(3)31)4-11(32)19(40)24(45)20(41)12(4)33;1-11(2,3)9-10-7-5-4-6-8-10/h;4-8H,9H2,1-3H3/q-1;+1. The highest BCUT2D eigenvalue weighted by molar-refractivity contribution is 7.72. The van der Waals surface area contributed by atoms with Crippen molar-refractivity contribution in [3.05, 3.63) is 152 Å². The highest BCUT2D eigenvalue weighted by atomic mass is 31.2. The second kappa shape index (κ2) is 15.6. The number of rotatable bonds is 6. The Balaban J connectivity index is 0.000000544. The van der Waals surface area contributed by atoms with Crippen molar-refractivity contribution < 1.29 is 87.8 Å². The third-order valence-electron chi connectivity index (χ3n) is 8.21. The van der Waals surface area contributed by atoms with Crippen molar-refractivity contribution in [3.63, 3.8) is 0 Å². The molecular weight excluding hydrogens is 830 g/mol. The molecule has 0 N–H and O–H groups in total. The monoisotopic (exact) mass is 846 g/mol. The van der Waals surface area contributed by atoms with Crippen LogP contribution in [0.4, 0.5) is 87.8 Å². The molecule has 0 atom stereocenters. The van der Waals surface area contributed by atoms with Gasteiger partial charge in [0.15, 0.2) is 69.8 Å². The topological polar surface area (TPSA) is 0 Å². The molecule has 0 aliphatic rings.